The molecule has 0 radical (unpaired) electrons. The van der Waals surface area contributed by atoms with E-state index in [0.717, 1.165) is 12.1 Å². The predicted octanol–water partition coefficient (Wildman–Crippen LogP) is 2.04. The molecule has 88 valence electrons. The Balaban J connectivity index is 2.25. The Morgan fingerprint density at radius 3 is 2.88 bits per heavy atom. The molecular formula is C12H16ClNO2. The summed E-state index contributed by atoms with van der Waals surface area (Å²) in [7, 11) is 0. The molecule has 0 heterocycles. The van der Waals surface area contributed by atoms with Crippen molar-refractivity contribution < 1.29 is 9.53 Å². The first-order valence-corrected chi connectivity index (χ1v) is 5.71. The maximum Gasteiger partial charge on any atom is 0.319 e. The SMILES string of the molecule is CCNCC(=O)OCCc1ccccc1Cl. The number of benzene rings is 1. The topological polar surface area (TPSA) is 38.3 Å². The van der Waals surface area contributed by atoms with Crippen molar-refractivity contribution in [3.8, 4) is 0 Å². The van der Waals surface area contributed by atoms with Gasteiger partial charge in [-0.05, 0) is 18.2 Å². The second kappa shape index (κ2) is 7.25. The van der Waals surface area contributed by atoms with Crippen LogP contribution in [0.1, 0.15) is 12.5 Å². The Kier molecular flexibility index (Phi) is 5.90. The number of hydrogen-bond donors (Lipinski definition) is 1. The third kappa shape index (κ3) is 4.64. The van der Waals surface area contributed by atoms with Crippen molar-refractivity contribution in [2.45, 2.75) is 13.3 Å². The lowest BCUT2D eigenvalue weighted by Gasteiger charge is -2.06. The molecule has 1 aromatic carbocycles. The van der Waals surface area contributed by atoms with E-state index in [-0.39, 0.29) is 12.5 Å². The molecule has 1 rings (SSSR count). The Morgan fingerprint density at radius 1 is 1.44 bits per heavy atom. The lowest BCUT2D eigenvalue weighted by molar-refractivity contribution is -0.142. The number of ether oxygens (including phenoxy) is 1. The molecule has 16 heavy (non-hydrogen) atoms. The fourth-order valence-electron chi connectivity index (χ4n) is 1.25. The minimum atomic E-state index is -0.228. The van der Waals surface area contributed by atoms with E-state index in [0.29, 0.717) is 18.1 Å². The van der Waals surface area contributed by atoms with Gasteiger partial charge in [0.2, 0.25) is 0 Å². The van der Waals surface area contributed by atoms with Crippen molar-refractivity contribution in [3.05, 3.63) is 34.9 Å². The zero-order chi connectivity index (χ0) is 11.8. The number of nitrogens with one attached hydrogen (secondary N) is 1. The summed E-state index contributed by atoms with van der Waals surface area (Å²) in [4.78, 5) is 11.2. The standard InChI is InChI=1S/C12H16ClNO2/c1-2-14-9-12(15)16-8-7-10-5-3-4-6-11(10)13/h3-6,14H,2,7-9H2,1H3. The lowest BCUT2D eigenvalue weighted by Crippen LogP contribution is -2.24. The molecule has 0 saturated heterocycles. The van der Waals surface area contributed by atoms with E-state index in [1.807, 2.05) is 31.2 Å². The van der Waals surface area contributed by atoms with Gasteiger partial charge in [-0.25, -0.2) is 0 Å². The van der Waals surface area contributed by atoms with E-state index < -0.39 is 0 Å². The fraction of sp³-hybridized carbons (Fsp3) is 0.417. The van der Waals surface area contributed by atoms with Crippen LogP contribution in [-0.4, -0.2) is 25.7 Å². The number of carbonyl (C=O) groups is 1. The summed E-state index contributed by atoms with van der Waals surface area (Å²) in [6.07, 6.45) is 0.650. The van der Waals surface area contributed by atoms with E-state index in [4.69, 9.17) is 16.3 Å². The van der Waals surface area contributed by atoms with Gasteiger partial charge in [0.15, 0.2) is 0 Å². The van der Waals surface area contributed by atoms with Gasteiger partial charge in [-0.3, -0.25) is 4.79 Å². The zero-order valence-corrected chi connectivity index (χ0v) is 10.1. The van der Waals surface area contributed by atoms with Gasteiger partial charge in [0.05, 0.1) is 13.2 Å². The van der Waals surface area contributed by atoms with Gasteiger partial charge in [-0.15, -0.1) is 0 Å². The summed E-state index contributed by atoms with van der Waals surface area (Å²) in [5.74, 6) is -0.228. The van der Waals surface area contributed by atoms with Crippen LogP contribution in [0.5, 0.6) is 0 Å². The van der Waals surface area contributed by atoms with Gasteiger partial charge >= 0.3 is 5.97 Å². The second-order valence-electron chi connectivity index (χ2n) is 3.34. The maximum atomic E-state index is 11.2. The van der Waals surface area contributed by atoms with E-state index in [1.54, 1.807) is 0 Å². The predicted molar refractivity (Wildman–Crippen MR) is 64.7 cm³/mol. The summed E-state index contributed by atoms with van der Waals surface area (Å²) in [6, 6.07) is 7.56. The first-order chi connectivity index (χ1) is 7.74. The molecule has 1 aromatic rings. The monoisotopic (exact) mass is 241 g/mol. The van der Waals surface area contributed by atoms with Crippen molar-refractivity contribution >= 4 is 17.6 Å². The highest BCUT2D eigenvalue weighted by Crippen LogP contribution is 2.15. The minimum absolute atomic E-state index is 0.228. The number of likely N-dealkylation sites (N-methyl/N-ethyl adjacent to an activating group) is 1. The van der Waals surface area contributed by atoms with Crippen molar-refractivity contribution in [2.75, 3.05) is 19.7 Å². The molecule has 0 bridgehead atoms. The molecule has 0 atom stereocenters. The van der Waals surface area contributed by atoms with Gasteiger partial charge in [-0.2, -0.15) is 0 Å². The van der Waals surface area contributed by atoms with Crippen LogP contribution in [0.25, 0.3) is 0 Å². The molecular weight excluding hydrogens is 226 g/mol. The van der Waals surface area contributed by atoms with Crippen molar-refractivity contribution in [3.63, 3.8) is 0 Å². The van der Waals surface area contributed by atoms with E-state index in [2.05, 4.69) is 5.32 Å². The molecule has 0 aliphatic heterocycles. The Bertz CT molecular complexity index is 342. The minimum Gasteiger partial charge on any atom is -0.464 e. The molecule has 0 amide bonds. The molecule has 0 unspecified atom stereocenters. The molecule has 1 N–H and O–H groups in total. The first-order valence-electron chi connectivity index (χ1n) is 5.33. The summed E-state index contributed by atoms with van der Waals surface area (Å²) < 4.78 is 5.04. The smallest absolute Gasteiger partial charge is 0.319 e. The molecule has 0 saturated carbocycles. The third-order valence-corrected chi connectivity index (χ3v) is 2.48. The number of esters is 1. The van der Waals surface area contributed by atoms with Crippen LogP contribution >= 0.6 is 11.6 Å². The second-order valence-corrected chi connectivity index (χ2v) is 3.75. The Labute approximate surface area is 101 Å². The average molecular weight is 242 g/mol. The van der Waals surface area contributed by atoms with E-state index >= 15 is 0 Å². The van der Waals surface area contributed by atoms with Crippen LogP contribution in [0.3, 0.4) is 0 Å². The van der Waals surface area contributed by atoms with Crippen LogP contribution in [0.15, 0.2) is 24.3 Å². The average Bonchev–Trinajstić information content (AvgIpc) is 2.29. The highest BCUT2D eigenvalue weighted by Gasteiger charge is 2.03. The highest BCUT2D eigenvalue weighted by atomic mass is 35.5. The third-order valence-electron chi connectivity index (χ3n) is 2.11. The Morgan fingerprint density at radius 2 is 2.19 bits per heavy atom. The summed E-state index contributed by atoms with van der Waals surface area (Å²) >= 11 is 5.97. The van der Waals surface area contributed by atoms with E-state index in [1.165, 1.54) is 0 Å². The van der Waals surface area contributed by atoms with Gasteiger partial charge in [-0.1, -0.05) is 36.7 Å². The lowest BCUT2D eigenvalue weighted by atomic mass is 10.2. The molecule has 4 heteroatoms. The zero-order valence-electron chi connectivity index (χ0n) is 9.33. The van der Waals surface area contributed by atoms with Crippen LogP contribution in [0.4, 0.5) is 0 Å². The number of rotatable bonds is 6. The maximum absolute atomic E-state index is 11.2. The number of carbonyl (C=O) groups excluding carboxylic acids is 1. The summed E-state index contributed by atoms with van der Waals surface area (Å²) in [6.45, 7) is 3.34. The molecule has 0 aromatic heterocycles. The largest absolute Gasteiger partial charge is 0.464 e. The van der Waals surface area contributed by atoms with E-state index in [9.17, 15) is 4.79 Å². The summed E-state index contributed by atoms with van der Waals surface area (Å²) in [5, 5.41) is 3.62. The van der Waals surface area contributed by atoms with Crippen LogP contribution in [0.2, 0.25) is 5.02 Å². The fourth-order valence-corrected chi connectivity index (χ4v) is 1.48. The molecule has 0 fully saturated rings. The van der Waals surface area contributed by atoms with Crippen LogP contribution in [0, 0.1) is 0 Å². The van der Waals surface area contributed by atoms with Crippen LogP contribution in [-0.2, 0) is 16.0 Å². The van der Waals surface area contributed by atoms with Crippen LogP contribution < -0.4 is 5.32 Å². The number of halogens is 1. The van der Waals surface area contributed by atoms with Crippen molar-refractivity contribution in [2.24, 2.45) is 0 Å². The molecule has 0 spiro atoms. The van der Waals surface area contributed by atoms with Gasteiger partial charge in [0.1, 0.15) is 0 Å². The van der Waals surface area contributed by atoms with Gasteiger partial charge in [0, 0.05) is 11.4 Å². The number of hydrogen-bond acceptors (Lipinski definition) is 3. The van der Waals surface area contributed by atoms with Gasteiger partial charge in [0.25, 0.3) is 0 Å². The Hall–Kier alpha value is -1.06. The highest BCUT2D eigenvalue weighted by molar-refractivity contribution is 6.31. The quantitative estimate of drug-likeness (QED) is 0.775. The van der Waals surface area contributed by atoms with Crippen molar-refractivity contribution in [1.29, 1.82) is 0 Å². The summed E-state index contributed by atoms with van der Waals surface area (Å²) in [5.41, 5.74) is 1.00. The normalized spacial score (nSPS) is 10.1. The first kappa shape index (κ1) is 13.0. The van der Waals surface area contributed by atoms with Crippen molar-refractivity contribution in [1.82, 2.24) is 5.32 Å². The molecule has 0 aliphatic carbocycles. The van der Waals surface area contributed by atoms with Gasteiger partial charge < -0.3 is 10.1 Å². The molecule has 0 aliphatic rings. The molecule has 3 nitrogen and oxygen atoms in total.